The van der Waals surface area contributed by atoms with Crippen LogP contribution in [0.3, 0.4) is 0 Å². The van der Waals surface area contributed by atoms with Crippen molar-refractivity contribution in [3.63, 3.8) is 0 Å². The summed E-state index contributed by atoms with van der Waals surface area (Å²) in [5, 5.41) is 6.90. The van der Waals surface area contributed by atoms with Crippen LogP contribution in [0, 0.1) is 17.7 Å². The molecule has 1 fully saturated rings. The molecule has 2 N–H and O–H groups in total. The second-order valence-electron chi connectivity index (χ2n) is 9.52. The number of thiophene rings is 1. The van der Waals surface area contributed by atoms with Crippen LogP contribution in [0.5, 0.6) is 5.75 Å². The van der Waals surface area contributed by atoms with E-state index >= 15 is 0 Å². The van der Waals surface area contributed by atoms with Crippen molar-refractivity contribution in [3.05, 3.63) is 46.6 Å². The van der Waals surface area contributed by atoms with Gasteiger partial charge < -0.3 is 20.3 Å². The number of halogens is 4. The minimum Gasteiger partial charge on any atom is -0.495 e. The Morgan fingerprint density at radius 1 is 1.18 bits per heavy atom. The number of sulfone groups is 1. The van der Waals surface area contributed by atoms with E-state index in [4.69, 9.17) is 4.74 Å². The number of nitrogens with zero attached hydrogens (tertiary/aromatic N) is 1. The first kappa shape index (κ1) is 29.0. The van der Waals surface area contributed by atoms with Crippen LogP contribution in [-0.2, 0) is 16.3 Å². The lowest BCUT2D eigenvalue weighted by Crippen LogP contribution is -2.36. The predicted octanol–water partition coefficient (Wildman–Crippen LogP) is 5.53. The van der Waals surface area contributed by atoms with Crippen molar-refractivity contribution in [2.45, 2.75) is 36.4 Å². The van der Waals surface area contributed by atoms with E-state index in [1.807, 2.05) is 6.07 Å². The first-order valence-corrected chi connectivity index (χ1v) is 14.9. The SMILES string of the molecule is COc1cc(S(C)(=O)=O)c(F)cc1NCC#Cc1sc2c(NC3CCN(C)CC3)cccc2c1CC(F)(F)F. The molecule has 6 nitrogen and oxygen atoms in total. The van der Waals surface area contributed by atoms with Gasteiger partial charge in [-0.1, -0.05) is 24.0 Å². The minimum absolute atomic E-state index is 0.0333. The van der Waals surface area contributed by atoms with E-state index in [1.54, 1.807) is 12.1 Å². The summed E-state index contributed by atoms with van der Waals surface area (Å²) in [4.78, 5) is 2.06. The molecular weight excluding hydrogens is 554 g/mol. The molecule has 1 saturated heterocycles. The normalized spacial score (nSPS) is 15.2. The highest BCUT2D eigenvalue weighted by molar-refractivity contribution is 7.90. The molecule has 0 amide bonds. The van der Waals surface area contributed by atoms with Crippen molar-refractivity contribution in [1.29, 1.82) is 0 Å². The van der Waals surface area contributed by atoms with Crippen molar-refractivity contribution in [1.82, 2.24) is 4.90 Å². The van der Waals surface area contributed by atoms with E-state index in [-0.39, 0.29) is 29.6 Å². The summed E-state index contributed by atoms with van der Waals surface area (Å²) in [6, 6.07) is 7.63. The first-order valence-electron chi connectivity index (χ1n) is 12.2. The smallest absolute Gasteiger partial charge is 0.393 e. The Balaban J connectivity index is 1.61. The van der Waals surface area contributed by atoms with Gasteiger partial charge in [-0.15, -0.1) is 11.3 Å². The van der Waals surface area contributed by atoms with E-state index in [2.05, 4.69) is 34.4 Å². The summed E-state index contributed by atoms with van der Waals surface area (Å²) in [5.74, 6) is 4.83. The zero-order chi connectivity index (χ0) is 28.4. The molecule has 1 aliphatic heterocycles. The van der Waals surface area contributed by atoms with Gasteiger partial charge in [0.1, 0.15) is 16.5 Å². The Hall–Kier alpha value is -3.01. The van der Waals surface area contributed by atoms with Gasteiger partial charge in [0.25, 0.3) is 0 Å². The number of alkyl halides is 3. The molecule has 210 valence electrons. The van der Waals surface area contributed by atoms with E-state index in [0.29, 0.717) is 10.3 Å². The lowest BCUT2D eigenvalue weighted by Gasteiger charge is -2.30. The molecule has 12 heteroatoms. The van der Waals surface area contributed by atoms with Crippen LogP contribution in [0.25, 0.3) is 10.1 Å². The van der Waals surface area contributed by atoms with Crippen LogP contribution < -0.4 is 15.4 Å². The van der Waals surface area contributed by atoms with Gasteiger partial charge in [-0.25, -0.2) is 12.8 Å². The monoisotopic (exact) mass is 583 g/mol. The molecule has 3 aromatic rings. The molecule has 0 bridgehead atoms. The maximum Gasteiger partial charge on any atom is 0.393 e. The predicted molar refractivity (Wildman–Crippen MR) is 147 cm³/mol. The number of methoxy groups -OCH3 is 1. The zero-order valence-electron chi connectivity index (χ0n) is 21.7. The van der Waals surface area contributed by atoms with Crippen LogP contribution >= 0.6 is 11.3 Å². The van der Waals surface area contributed by atoms with Gasteiger partial charge in [0.15, 0.2) is 9.84 Å². The van der Waals surface area contributed by atoms with E-state index in [0.717, 1.165) is 54.7 Å². The van der Waals surface area contributed by atoms with Crippen LogP contribution in [0.2, 0.25) is 0 Å². The van der Waals surface area contributed by atoms with E-state index in [9.17, 15) is 26.0 Å². The fraction of sp³-hybridized carbons (Fsp3) is 0.407. The Morgan fingerprint density at radius 3 is 2.54 bits per heavy atom. The number of piperidine rings is 1. The Kier molecular flexibility index (Phi) is 8.63. The summed E-state index contributed by atoms with van der Waals surface area (Å²) in [7, 11) is -0.421. The lowest BCUT2D eigenvalue weighted by molar-refractivity contribution is -0.126. The highest BCUT2D eigenvalue weighted by Crippen LogP contribution is 2.39. The average molecular weight is 584 g/mol. The largest absolute Gasteiger partial charge is 0.495 e. The number of likely N-dealkylation sites (tertiary alicyclic amines) is 1. The van der Waals surface area contributed by atoms with Gasteiger partial charge in [-0.3, -0.25) is 0 Å². The summed E-state index contributed by atoms with van der Waals surface area (Å²) in [6.45, 7) is 1.87. The number of benzene rings is 2. The molecule has 4 rings (SSSR count). The molecular formula is C27H29F4N3O3S2. The van der Waals surface area contributed by atoms with E-state index in [1.165, 1.54) is 18.4 Å². The fourth-order valence-electron chi connectivity index (χ4n) is 4.52. The molecule has 39 heavy (non-hydrogen) atoms. The third-order valence-electron chi connectivity index (χ3n) is 6.50. The molecule has 0 saturated carbocycles. The molecule has 2 heterocycles. The highest BCUT2D eigenvalue weighted by Gasteiger charge is 2.31. The van der Waals surface area contributed by atoms with Gasteiger partial charge in [-0.05, 0) is 50.0 Å². The standard InChI is InChI=1S/C27H29F4N3O3S2/c1-34-12-9-17(10-13-34)33-21-7-4-6-18-19(16-27(29,30)31)24(38-26(18)21)8-5-11-32-22-14-20(28)25(39(3,35)36)15-23(22)37-2/h4,6-7,14-15,17,32-33H,9-13,16H2,1-3H3. The molecule has 1 aliphatic rings. The minimum atomic E-state index is -4.41. The van der Waals surface area contributed by atoms with Crippen molar-refractivity contribution in [2.24, 2.45) is 0 Å². The second-order valence-corrected chi connectivity index (χ2v) is 12.5. The van der Waals surface area contributed by atoms with Gasteiger partial charge >= 0.3 is 6.18 Å². The molecule has 0 radical (unpaired) electrons. The number of ether oxygens (including phenoxy) is 1. The van der Waals surface area contributed by atoms with Gasteiger partial charge in [-0.2, -0.15) is 13.2 Å². The summed E-state index contributed by atoms with van der Waals surface area (Å²) in [6.07, 6.45) is -2.73. The maximum absolute atomic E-state index is 14.4. The van der Waals surface area contributed by atoms with Crippen molar-refractivity contribution < 1.29 is 30.7 Å². The topological polar surface area (TPSA) is 70.7 Å². The molecule has 0 aliphatic carbocycles. The molecule has 0 atom stereocenters. The van der Waals surface area contributed by atoms with Crippen molar-refractivity contribution >= 4 is 42.6 Å². The molecule has 0 unspecified atom stereocenters. The van der Waals surface area contributed by atoms with Crippen LogP contribution in [0.4, 0.5) is 28.9 Å². The number of fused-ring (bicyclic) bond motifs is 1. The number of rotatable bonds is 7. The Morgan fingerprint density at radius 2 is 1.90 bits per heavy atom. The zero-order valence-corrected chi connectivity index (χ0v) is 23.3. The Labute approximate surface area is 229 Å². The maximum atomic E-state index is 14.4. The van der Waals surface area contributed by atoms with Crippen LogP contribution in [0.15, 0.2) is 35.2 Å². The third kappa shape index (κ3) is 7.15. The average Bonchev–Trinajstić information content (AvgIpc) is 3.19. The van der Waals surface area contributed by atoms with E-state index < -0.39 is 33.1 Å². The summed E-state index contributed by atoms with van der Waals surface area (Å²) < 4.78 is 84.4. The van der Waals surface area contributed by atoms with Crippen molar-refractivity contribution in [2.75, 3.05) is 50.7 Å². The van der Waals surface area contributed by atoms with Gasteiger partial charge in [0.05, 0.1) is 41.0 Å². The highest BCUT2D eigenvalue weighted by atomic mass is 32.2. The number of nitrogens with one attached hydrogen (secondary N) is 2. The van der Waals surface area contributed by atoms with Crippen LogP contribution in [-0.4, -0.2) is 65.6 Å². The molecule has 2 aromatic carbocycles. The second kappa shape index (κ2) is 11.6. The summed E-state index contributed by atoms with van der Waals surface area (Å²) in [5.41, 5.74) is 1.10. The number of hydrogen-bond acceptors (Lipinski definition) is 7. The number of hydrogen-bond donors (Lipinski definition) is 2. The summed E-state index contributed by atoms with van der Waals surface area (Å²) >= 11 is 1.22. The fourth-order valence-corrected chi connectivity index (χ4v) is 6.43. The quantitative estimate of drug-likeness (QED) is 0.282. The first-order chi connectivity index (χ1) is 18.4. The molecule has 0 spiro atoms. The van der Waals surface area contributed by atoms with Gasteiger partial charge in [0, 0.05) is 24.4 Å². The number of anilines is 2. The Bertz CT molecular complexity index is 1520. The lowest BCUT2D eigenvalue weighted by atomic mass is 10.0. The third-order valence-corrected chi connectivity index (χ3v) is 8.80. The van der Waals surface area contributed by atoms with Crippen LogP contribution in [0.1, 0.15) is 23.3 Å². The van der Waals surface area contributed by atoms with Gasteiger partial charge in [0.2, 0.25) is 0 Å². The molecule has 1 aromatic heterocycles. The van der Waals surface area contributed by atoms with Crippen molar-refractivity contribution in [3.8, 4) is 17.6 Å².